The summed E-state index contributed by atoms with van der Waals surface area (Å²) < 4.78 is 5.07. The molecule has 5 nitrogen and oxygen atoms in total. The van der Waals surface area contributed by atoms with Crippen LogP contribution in [0.4, 0.5) is 4.79 Å². The van der Waals surface area contributed by atoms with Gasteiger partial charge in [0.05, 0.1) is 7.11 Å². The molecule has 1 aromatic rings. The molecule has 0 saturated heterocycles. The van der Waals surface area contributed by atoms with Gasteiger partial charge in [0.2, 0.25) is 0 Å². The van der Waals surface area contributed by atoms with Crippen LogP contribution in [0.25, 0.3) is 0 Å². The Hall–Kier alpha value is -1.91. The monoisotopic (exact) mass is 322 g/mol. The van der Waals surface area contributed by atoms with Crippen molar-refractivity contribution in [3.8, 4) is 11.5 Å². The van der Waals surface area contributed by atoms with E-state index in [-0.39, 0.29) is 17.8 Å². The number of benzene rings is 1. The van der Waals surface area contributed by atoms with E-state index < -0.39 is 0 Å². The van der Waals surface area contributed by atoms with Crippen molar-refractivity contribution in [2.24, 2.45) is 5.92 Å². The summed E-state index contributed by atoms with van der Waals surface area (Å²) in [6.07, 6.45) is 4.01. The van der Waals surface area contributed by atoms with Crippen molar-refractivity contribution in [3.63, 3.8) is 0 Å². The van der Waals surface area contributed by atoms with Crippen LogP contribution in [0.1, 0.15) is 45.6 Å². The first-order valence-corrected chi connectivity index (χ1v) is 8.32. The molecule has 0 radical (unpaired) electrons. The molecule has 0 heterocycles. The van der Waals surface area contributed by atoms with Crippen LogP contribution >= 0.6 is 0 Å². The molecule has 0 aliphatic rings. The Balaban J connectivity index is 2.25. The summed E-state index contributed by atoms with van der Waals surface area (Å²) in [5, 5.41) is 15.4. The molecule has 1 atom stereocenters. The number of hydrogen-bond donors (Lipinski definition) is 3. The van der Waals surface area contributed by atoms with Gasteiger partial charge in [-0.3, -0.25) is 0 Å². The van der Waals surface area contributed by atoms with E-state index >= 15 is 0 Å². The standard InChI is InChI=1S/C18H30N2O3/c1-13(2)6-5-7-14(3)20-18(22)19-11-10-15-8-9-16(21)17(12-15)23-4/h8-9,12-14,21H,5-7,10-11H2,1-4H3,(H2,19,20,22). The van der Waals surface area contributed by atoms with E-state index in [4.69, 9.17) is 4.74 Å². The van der Waals surface area contributed by atoms with E-state index in [1.165, 1.54) is 13.5 Å². The molecule has 1 aromatic carbocycles. The van der Waals surface area contributed by atoms with Gasteiger partial charge >= 0.3 is 6.03 Å². The van der Waals surface area contributed by atoms with Gasteiger partial charge in [0.25, 0.3) is 0 Å². The molecule has 1 unspecified atom stereocenters. The Kier molecular flexibility index (Phi) is 8.30. The fourth-order valence-corrected chi connectivity index (χ4v) is 2.38. The predicted octanol–water partition coefficient (Wildman–Crippen LogP) is 3.46. The number of carbonyl (C=O) groups excluding carboxylic acids is 1. The summed E-state index contributed by atoms with van der Waals surface area (Å²) in [7, 11) is 1.52. The zero-order valence-electron chi connectivity index (χ0n) is 14.7. The third kappa shape index (κ3) is 7.77. The maximum Gasteiger partial charge on any atom is 0.315 e. The van der Waals surface area contributed by atoms with Gasteiger partial charge < -0.3 is 20.5 Å². The van der Waals surface area contributed by atoms with Crippen LogP contribution < -0.4 is 15.4 Å². The molecule has 3 N–H and O–H groups in total. The summed E-state index contributed by atoms with van der Waals surface area (Å²) in [6, 6.07) is 5.26. The molecule has 0 bridgehead atoms. The Bertz CT molecular complexity index is 489. The Morgan fingerprint density at radius 3 is 2.65 bits per heavy atom. The quantitative estimate of drug-likeness (QED) is 0.652. The van der Waals surface area contributed by atoms with Crippen LogP contribution in [0.5, 0.6) is 11.5 Å². The van der Waals surface area contributed by atoms with Gasteiger partial charge in [-0.05, 0) is 43.4 Å². The van der Waals surface area contributed by atoms with Crippen LogP contribution in [0.3, 0.4) is 0 Å². The van der Waals surface area contributed by atoms with Crippen molar-refractivity contribution >= 4 is 6.03 Å². The number of urea groups is 1. The zero-order valence-corrected chi connectivity index (χ0v) is 14.7. The van der Waals surface area contributed by atoms with Crippen molar-refractivity contribution in [1.29, 1.82) is 0 Å². The van der Waals surface area contributed by atoms with Gasteiger partial charge in [-0.15, -0.1) is 0 Å². The number of phenols is 1. The lowest BCUT2D eigenvalue weighted by Crippen LogP contribution is -2.41. The van der Waals surface area contributed by atoms with Crippen molar-refractivity contribution in [3.05, 3.63) is 23.8 Å². The highest BCUT2D eigenvalue weighted by atomic mass is 16.5. The second-order valence-corrected chi connectivity index (χ2v) is 6.38. The summed E-state index contributed by atoms with van der Waals surface area (Å²) >= 11 is 0. The zero-order chi connectivity index (χ0) is 17.2. The van der Waals surface area contributed by atoms with E-state index in [0.29, 0.717) is 24.6 Å². The third-order valence-electron chi connectivity index (χ3n) is 3.74. The van der Waals surface area contributed by atoms with Gasteiger partial charge in [0, 0.05) is 12.6 Å². The second kappa shape index (κ2) is 9.98. The number of methoxy groups -OCH3 is 1. The largest absolute Gasteiger partial charge is 0.504 e. The molecule has 2 amide bonds. The highest BCUT2D eigenvalue weighted by Crippen LogP contribution is 2.26. The molecular formula is C18H30N2O3. The summed E-state index contributed by atoms with van der Waals surface area (Å²) in [6.45, 7) is 7.00. The molecular weight excluding hydrogens is 292 g/mol. The molecule has 0 aromatic heterocycles. The number of ether oxygens (including phenoxy) is 1. The van der Waals surface area contributed by atoms with E-state index in [1.54, 1.807) is 12.1 Å². The Morgan fingerprint density at radius 1 is 1.26 bits per heavy atom. The van der Waals surface area contributed by atoms with Gasteiger partial charge in [-0.2, -0.15) is 0 Å². The molecule has 23 heavy (non-hydrogen) atoms. The number of hydrogen-bond acceptors (Lipinski definition) is 3. The summed E-state index contributed by atoms with van der Waals surface area (Å²) in [5.74, 6) is 1.28. The molecule has 0 saturated carbocycles. The Labute approximate surface area is 139 Å². The second-order valence-electron chi connectivity index (χ2n) is 6.38. The first kappa shape index (κ1) is 19.1. The number of rotatable bonds is 9. The van der Waals surface area contributed by atoms with E-state index in [1.807, 2.05) is 13.0 Å². The third-order valence-corrected chi connectivity index (χ3v) is 3.74. The smallest absolute Gasteiger partial charge is 0.315 e. The highest BCUT2D eigenvalue weighted by Gasteiger charge is 2.08. The van der Waals surface area contributed by atoms with Crippen LogP contribution in [-0.4, -0.2) is 30.8 Å². The first-order chi connectivity index (χ1) is 10.9. The van der Waals surface area contributed by atoms with Crippen molar-refractivity contribution in [1.82, 2.24) is 10.6 Å². The molecule has 0 spiro atoms. The normalized spacial score (nSPS) is 12.0. The maximum absolute atomic E-state index is 11.8. The minimum absolute atomic E-state index is 0.122. The van der Waals surface area contributed by atoms with Gasteiger partial charge in [0.15, 0.2) is 11.5 Å². The fourth-order valence-electron chi connectivity index (χ4n) is 2.38. The van der Waals surface area contributed by atoms with E-state index in [2.05, 4.69) is 24.5 Å². The number of aromatic hydroxyl groups is 1. The van der Waals surface area contributed by atoms with Crippen LogP contribution in [-0.2, 0) is 6.42 Å². The van der Waals surface area contributed by atoms with Crippen LogP contribution in [0, 0.1) is 5.92 Å². The van der Waals surface area contributed by atoms with Gasteiger partial charge in [-0.25, -0.2) is 4.79 Å². The van der Waals surface area contributed by atoms with Crippen molar-refractivity contribution in [2.45, 2.75) is 52.5 Å². The van der Waals surface area contributed by atoms with Crippen molar-refractivity contribution < 1.29 is 14.6 Å². The minimum atomic E-state index is -0.132. The maximum atomic E-state index is 11.8. The topological polar surface area (TPSA) is 70.6 Å². The molecule has 1 rings (SSSR count). The molecule has 130 valence electrons. The van der Waals surface area contributed by atoms with E-state index in [0.717, 1.165) is 18.4 Å². The average molecular weight is 322 g/mol. The lowest BCUT2D eigenvalue weighted by atomic mass is 10.0. The lowest BCUT2D eigenvalue weighted by molar-refractivity contribution is 0.237. The molecule has 0 fully saturated rings. The van der Waals surface area contributed by atoms with Crippen LogP contribution in [0.15, 0.2) is 18.2 Å². The fraction of sp³-hybridized carbons (Fsp3) is 0.611. The summed E-state index contributed by atoms with van der Waals surface area (Å²) in [5.41, 5.74) is 1.00. The molecule has 0 aliphatic carbocycles. The van der Waals surface area contributed by atoms with Gasteiger partial charge in [-0.1, -0.05) is 32.8 Å². The van der Waals surface area contributed by atoms with E-state index in [9.17, 15) is 9.90 Å². The minimum Gasteiger partial charge on any atom is -0.504 e. The number of amides is 2. The Morgan fingerprint density at radius 2 is 2.00 bits per heavy atom. The average Bonchev–Trinajstić information content (AvgIpc) is 2.48. The van der Waals surface area contributed by atoms with Gasteiger partial charge in [0.1, 0.15) is 0 Å². The molecule has 0 aliphatic heterocycles. The highest BCUT2D eigenvalue weighted by molar-refractivity contribution is 5.74. The lowest BCUT2D eigenvalue weighted by Gasteiger charge is -2.15. The number of phenolic OH excluding ortho intramolecular Hbond substituents is 1. The number of nitrogens with one attached hydrogen (secondary N) is 2. The summed E-state index contributed by atoms with van der Waals surface area (Å²) in [4.78, 5) is 11.8. The first-order valence-electron chi connectivity index (χ1n) is 8.32. The predicted molar refractivity (Wildman–Crippen MR) is 93.0 cm³/mol. The molecule has 5 heteroatoms. The van der Waals surface area contributed by atoms with Crippen molar-refractivity contribution in [2.75, 3.05) is 13.7 Å². The van der Waals surface area contributed by atoms with Crippen LogP contribution in [0.2, 0.25) is 0 Å². The number of carbonyl (C=O) groups is 1. The SMILES string of the molecule is COc1cc(CCNC(=O)NC(C)CCCC(C)C)ccc1O.